The van der Waals surface area contributed by atoms with E-state index in [2.05, 4.69) is 40.5 Å². The highest BCUT2D eigenvalue weighted by atomic mass is 16.2. The summed E-state index contributed by atoms with van der Waals surface area (Å²) >= 11 is 0. The summed E-state index contributed by atoms with van der Waals surface area (Å²) in [7, 11) is 0. The van der Waals surface area contributed by atoms with Crippen LogP contribution in [0.3, 0.4) is 0 Å². The van der Waals surface area contributed by atoms with E-state index < -0.39 is 0 Å². The van der Waals surface area contributed by atoms with Crippen molar-refractivity contribution >= 4 is 17.5 Å². The van der Waals surface area contributed by atoms with Crippen LogP contribution in [0, 0.1) is 0 Å². The molecule has 0 unspecified atom stereocenters. The Hall–Kier alpha value is -2.66. The van der Waals surface area contributed by atoms with Gasteiger partial charge in [0, 0.05) is 50.2 Å². The Labute approximate surface area is 242 Å². The number of rotatable bonds is 10. The van der Waals surface area contributed by atoms with Crippen molar-refractivity contribution in [3.63, 3.8) is 0 Å². The molecule has 0 atom stereocenters. The maximum Gasteiger partial charge on any atom is 0.227 e. The van der Waals surface area contributed by atoms with Crippen molar-refractivity contribution in [3.05, 3.63) is 66.2 Å². The number of carbonyl (C=O) groups is 2. The first-order valence-corrected chi connectivity index (χ1v) is 16.1. The first-order valence-electron chi connectivity index (χ1n) is 16.1. The zero-order valence-corrected chi connectivity index (χ0v) is 24.6. The van der Waals surface area contributed by atoms with Gasteiger partial charge in [0.05, 0.1) is 0 Å². The number of para-hydroxylation sites is 1. The van der Waals surface area contributed by atoms with E-state index in [0.29, 0.717) is 25.3 Å². The van der Waals surface area contributed by atoms with Crippen molar-refractivity contribution in [2.24, 2.45) is 0 Å². The Bertz CT molecular complexity index is 976. The number of carbonyl (C=O) groups excluding carboxylic acids is 2. The average molecular weight is 546 g/mol. The molecule has 40 heavy (non-hydrogen) atoms. The van der Waals surface area contributed by atoms with Crippen LogP contribution < -0.4 is 10.2 Å². The van der Waals surface area contributed by atoms with E-state index >= 15 is 0 Å². The summed E-state index contributed by atoms with van der Waals surface area (Å²) in [5.74, 6) is 0.266. The fourth-order valence-electron chi connectivity index (χ4n) is 6.43. The lowest BCUT2D eigenvalue weighted by Crippen LogP contribution is -2.48. The van der Waals surface area contributed by atoms with Crippen molar-refractivity contribution in [1.82, 2.24) is 10.2 Å². The fraction of sp³-hybridized carbons (Fsp3) is 0.600. The van der Waals surface area contributed by atoms with Gasteiger partial charge in [-0.05, 0) is 56.2 Å². The molecule has 1 aliphatic heterocycles. The second-order valence-electron chi connectivity index (χ2n) is 11.9. The van der Waals surface area contributed by atoms with Gasteiger partial charge >= 0.3 is 0 Å². The lowest BCUT2D eigenvalue weighted by atomic mass is 10.00. The number of piperidine rings is 1. The van der Waals surface area contributed by atoms with Gasteiger partial charge in [-0.25, -0.2) is 0 Å². The van der Waals surface area contributed by atoms with E-state index in [0.717, 1.165) is 57.4 Å². The van der Waals surface area contributed by atoms with Gasteiger partial charge in [0.1, 0.15) is 0 Å². The third-order valence-corrected chi connectivity index (χ3v) is 8.80. The maximum atomic E-state index is 13.6. The zero-order chi connectivity index (χ0) is 27.8. The highest BCUT2D eigenvalue weighted by molar-refractivity contribution is 5.94. The zero-order valence-electron chi connectivity index (χ0n) is 24.6. The summed E-state index contributed by atoms with van der Waals surface area (Å²) in [5.41, 5.74) is 2.36. The minimum atomic E-state index is 0.116. The highest BCUT2D eigenvalue weighted by Gasteiger charge is 2.29. The van der Waals surface area contributed by atoms with E-state index in [1.54, 1.807) is 0 Å². The van der Waals surface area contributed by atoms with E-state index in [4.69, 9.17) is 0 Å². The molecule has 2 amide bonds. The first-order chi connectivity index (χ1) is 19.7. The Morgan fingerprint density at radius 1 is 0.725 bits per heavy atom. The molecule has 1 N–H and O–H groups in total. The molecule has 1 saturated heterocycles. The monoisotopic (exact) mass is 545 g/mol. The third-order valence-electron chi connectivity index (χ3n) is 8.80. The SMILES string of the molecule is O=C(CCCC(=O)N(c1ccccc1)C1CCN(CCc2ccccc2)CC1)NC1CCCCCCCCCC1. The summed E-state index contributed by atoms with van der Waals surface area (Å²) in [6.07, 6.45) is 17.0. The Kier molecular flexibility index (Phi) is 13.0. The van der Waals surface area contributed by atoms with E-state index in [9.17, 15) is 9.59 Å². The quantitative estimate of drug-likeness (QED) is 0.341. The van der Waals surface area contributed by atoms with Crippen molar-refractivity contribution in [2.45, 2.75) is 115 Å². The number of hydrogen-bond donors (Lipinski definition) is 1. The largest absolute Gasteiger partial charge is 0.353 e. The number of hydrogen-bond acceptors (Lipinski definition) is 3. The molecule has 218 valence electrons. The van der Waals surface area contributed by atoms with Crippen molar-refractivity contribution in [2.75, 3.05) is 24.5 Å². The molecule has 0 spiro atoms. The second-order valence-corrected chi connectivity index (χ2v) is 11.9. The van der Waals surface area contributed by atoms with Crippen LogP contribution in [-0.4, -0.2) is 48.4 Å². The smallest absolute Gasteiger partial charge is 0.227 e. The number of amides is 2. The molecule has 0 radical (unpaired) electrons. The van der Waals surface area contributed by atoms with Crippen LogP contribution in [0.2, 0.25) is 0 Å². The molecule has 4 rings (SSSR count). The standard InChI is InChI=1S/C35H51N3O2/c39-34(36-31-18-11-5-3-1-2-4-6-12-19-31)22-15-23-35(40)38(32-20-13-8-14-21-32)33-25-28-37(29-26-33)27-24-30-16-9-7-10-17-30/h7-10,13-14,16-17,20-21,31,33H,1-6,11-12,15,18-19,22-29H2,(H,36,39). The maximum absolute atomic E-state index is 13.6. The molecule has 1 heterocycles. The molecule has 2 aliphatic rings. The van der Waals surface area contributed by atoms with Gasteiger partial charge in [-0.15, -0.1) is 0 Å². The molecule has 5 nitrogen and oxygen atoms in total. The Morgan fingerprint density at radius 3 is 1.93 bits per heavy atom. The molecule has 0 aromatic heterocycles. The molecule has 2 fully saturated rings. The molecule has 2 aromatic carbocycles. The van der Waals surface area contributed by atoms with Crippen molar-refractivity contribution < 1.29 is 9.59 Å². The van der Waals surface area contributed by atoms with Crippen LogP contribution in [-0.2, 0) is 16.0 Å². The molecule has 0 bridgehead atoms. The van der Waals surface area contributed by atoms with Crippen LogP contribution in [0.4, 0.5) is 5.69 Å². The normalized spacial score (nSPS) is 18.5. The van der Waals surface area contributed by atoms with E-state index in [1.807, 2.05) is 35.2 Å². The number of likely N-dealkylation sites (tertiary alicyclic amines) is 1. The number of benzene rings is 2. The summed E-state index contributed by atoms with van der Waals surface area (Å²) in [5, 5.41) is 3.31. The van der Waals surface area contributed by atoms with E-state index in [-0.39, 0.29) is 17.9 Å². The number of nitrogens with zero attached hydrogens (tertiary/aromatic N) is 2. The third kappa shape index (κ3) is 10.4. The Balaban J connectivity index is 1.24. The summed E-state index contributed by atoms with van der Waals surface area (Å²) in [6.45, 7) is 3.09. The number of nitrogens with one attached hydrogen (secondary N) is 1. The van der Waals surface area contributed by atoms with Gasteiger partial charge in [-0.2, -0.15) is 0 Å². The topological polar surface area (TPSA) is 52.7 Å². The van der Waals surface area contributed by atoms with Crippen LogP contribution >= 0.6 is 0 Å². The molecule has 2 aromatic rings. The van der Waals surface area contributed by atoms with Gasteiger partial charge in [-0.3, -0.25) is 9.59 Å². The van der Waals surface area contributed by atoms with Crippen LogP contribution in [0.15, 0.2) is 60.7 Å². The Morgan fingerprint density at radius 2 is 1.30 bits per heavy atom. The molecule has 5 heteroatoms. The molecule has 1 aliphatic carbocycles. The van der Waals surface area contributed by atoms with Crippen LogP contribution in [0.25, 0.3) is 0 Å². The molecular weight excluding hydrogens is 494 g/mol. The van der Waals surface area contributed by atoms with Crippen molar-refractivity contribution in [1.29, 1.82) is 0 Å². The second kappa shape index (κ2) is 17.2. The van der Waals surface area contributed by atoms with E-state index in [1.165, 1.54) is 56.9 Å². The molecule has 1 saturated carbocycles. The van der Waals surface area contributed by atoms with Crippen molar-refractivity contribution in [3.8, 4) is 0 Å². The predicted octanol–water partition coefficient (Wildman–Crippen LogP) is 7.30. The predicted molar refractivity (Wildman–Crippen MR) is 165 cm³/mol. The lowest BCUT2D eigenvalue weighted by Gasteiger charge is -2.38. The summed E-state index contributed by atoms with van der Waals surface area (Å²) < 4.78 is 0. The average Bonchev–Trinajstić information content (AvgIpc) is 3.04. The number of anilines is 1. The van der Waals surface area contributed by atoms with Gasteiger partial charge in [0.2, 0.25) is 11.8 Å². The van der Waals surface area contributed by atoms with Crippen LogP contribution in [0.1, 0.15) is 102 Å². The first kappa shape index (κ1) is 30.3. The van der Waals surface area contributed by atoms with Gasteiger partial charge in [0.15, 0.2) is 0 Å². The summed E-state index contributed by atoms with van der Waals surface area (Å²) in [4.78, 5) is 31.0. The van der Waals surface area contributed by atoms with Gasteiger partial charge in [-0.1, -0.05) is 99.9 Å². The summed E-state index contributed by atoms with van der Waals surface area (Å²) in [6, 6.07) is 21.3. The highest BCUT2D eigenvalue weighted by Crippen LogP contribution is 2.25. The minimum Gasteiger partial charge on any atom is -0.353 e. The lowest BCUT2D eigenvalue weighted by molar-refractivity contribution is -0.122. The minimum absolute atomic E-state index is 0.116. The fourth-order valence-corrected chi connectivity index (χ4v) is 6.43. The van der Waals surface area contributed by atoms with Gasteiger partial charge < -0.3 is 15.1 Å². The van der Waals surface area contributed by atoms with Gasteiger partial charge in [0.25, 0.3) is 0 Å². The molecular formula is C35H51N3O2. The van der Waals surface area contributed by atoms with Crippen LogP contribution in [0.5, 0.6) is 0 Å².